The summed E-state index contributed by atoms with van der Waals surface area (Å²) in [6.45, 7) is 7.30. The second-order valence-corrected chi connectivity index (χ2v) is 5.46. The lowest BCUT2D eigenvalue weighted by Crippen LogP contribution is -2.43. The predicted molar refractivity (Wildman–Crippen MR) is 72.9 cm³/mol. The molecule has 1 amide bonds. The van der Waals surface area contributed by atoms with Crippen molar-refractivity contribution >= 4 is 5.91 Å². The fraction of sp³-hybridized carbons (Fsp3) is 0.933. The third-order valence-electron chi connectivity index (χ3n) is 4.05. The Bertz CT molecular complexity index is 221. The minimum atomic E-state index is 0.219. The zero-order chi connectivity index (χ0) is 12.7. The molecule has 0 radical (unpaired) electrons. The smallest absolute Gasteiger partial charge is 0.225 e. The quantitative estimate of drug-likeness (QED) is 0.686. The molecule has 0 bridgehead atoms. The van der Waals surface area contributed by atoms with Crippen molar-refractivity contribution in [3.63, 3.8) is 0 Å². The Morgan fingerprint density at radius 1 is 1.24 bits per heavy atom. The molecule has 1 fully saturated rings. The SMILES string of the molecule is CCCCC(C)C(=O)N(CC)C1CCCCC1. The topological polar surface area (TPSA) is 20.3 Å². The normalized spacial score (nSPS) is 19.0. The summed E-state index contributed by atoms with van der Waals surface area (Å²) in [4.78, 5) is 14.6. The van der Waals surface area contributed by atoms with Crippen LogP contribution in [0.3, 0.4) is 0 Å². The van der Waals surface area contributed by atoms with Crippen LogP contribution < -0.4 is 0 Å². The van der Waals surface area contributed by atoms with Crippen molar-refractivity contribution in [3.8, 4) is 0 Å². The van der Waals surface area contributed by atoms with Crippen molar-refractivity contribution in [1.82, 2.24) is 4.90 Å². The molecule has 1 aliphatic rings. The summed E-state index contributed by atoms with van der Waals surface area (Å²) in [5.74, 6) is 0.615. The third kappa shape index (κ3) is 4.33. The average molecular weight is 239 g/mol. The van der Waals surface area contributed by atoms with Gasteiger partial charge in [0, 0.05) is 18.5 Å². The van der Waals surface area contributed by atoms with Crippen molar-refractivity contribution in [2.45, 2.75) is 78.2 Å². The summed E-state index contributed by atoms with van der Waals surface area (Å²) in [6.07, 6.45) is 9.82. The van der Waals surface area contributed by atoms with E-state index in [1.54, 1.807) is 0 Å². The van der Waals surface area contributed by atoms with Crippen LogP contribution >= 0.6 is 0 Å². The molecule has 17 heavy (non-hydrogen) atoms. The number of hydrogen-bond acceptors (Lipinski definition) is 1. The number of rotatable bonds is 6. The first kappa shape index (κ1) is 14.5. The predicted octanol–water partition coefficient (Wildman–Crippen LogP) is 3.99. The summed E-state index contributed by atoms with van der Waals surface area (Å²) in [5.41, 5.74) is 0. The van der Waals surface area contributed by atoms with Crippen LogP contribution in [0.2, 0.25) is 0 Å². The van der Waals surface area contributed by atoms with E-state index in [4.69, 9.17) is 0 Å². The Morgan fingerprint density at radius 3 is 2.41 bits per heavy atom. The maximum Gasteiger partial charge on any atom is 0.225 e. The van der Waals surface area contributed by atoms with E-state index >= 15 is 0 Å². The minimum absolute atomic E-state index is 0.219. The number of unbranched alkanes of at least 4 members (excludes halogenated alkanes) is 1. The van der Waals surface area contributed by atoms with Crippen molar-refractivity contribution in [3.05, 3.63) is 0 Å². The highest BCUT2D eigenvalue weighted by Gasteiger charge is 2.26. The molecule has 0 saturated heterocycles. The van der Waals surface area contributed by atoms with E-state index in [0.29, 0.717) is 11.9 Å². The maximum atomic E-state index is 12.4. The summed E-state index contributed by atoms with van der Waals surface area (Å²) < 4.78 is 0. The molecule has 2 nitrogen and oxygen atoms in total. The molecule has 0 aliphatic heterocycles. The highest BCUT2D eigenvalue weighted by atomic mass is 16.2. The van der Waals surface area contributed by atoms with Gasteiger partial charge < -0.3 is 4.90 Å². The fourth-order valence-corrected chi connectivity index (χ4v) is 2.90. The van der Waals surface area contributed by atoms with Gasteiger partial charge in [0.1, 0.15) is 0 Å². The lowest BCUT2D eigenvalue weighted by Gasteiger charge is -2.35. The van der Waals surface area contributed by atoms with Gasteiger partial charge in [-0.15, -0.1) is 0 Å². The van der Waals surface area contributed by atoms with Gasteiger partial charge in [0.25, 0.3) is 0 Å². The lowest BCUT2D eigenvalue weighted by atomic mass is 9.92. The van der Waals surface area contributed by atoms with E-state index < -0.39 is 0 Å². The Morgan fingerprint density at radius 2 is 1.88 bits per heavy atom. The number of carbonyl (C=O) groups is 1. The molecule has 100 valence electrons. The molecule has 1 rings (SSSR count). The first-order chi connectivity index (χ1) is 8.20. The van der Waals surface area contributed by atoms with Gasteiger partial charge in [0.05, 0.1) is 0 Å². The molecule has 0 heterocycles. The molecular weight excluding hydrogens is 210 g/mol. The summed E-state index contributed by atoms with van der Waals surface area (Å²) in [7, 11) is 0. The number of amides is 1. The van der Waals surface area contributed by atoms with Crippen LogP contribution in [-0.2, 0) is 4.79 Å². The monoisotopic (exact) mass is 239 g/mol. The van der Waals surface area contributed by atoms with Gasteiger partial charge >= 0.3 is 0 Å². The standard InChI is InChI=1S/C15H29NO/c1-4-6-10-13(3)15(17)16(5-2)14-11-8-7-9-12-14/h13-14H,4-12H2,1-3H3. The summed E-state index contributed by atoms with van der Waals surface area (Å²) in [6, 6.07) is 0.533. The van der Waals surface area contributed by atoms with Gasteiger partial charge in [-0.3, -0.25) is 4.79 Å². The van der Waals surface area contributed by atoms with Gasteiger partial charge in [-0.05, 0) is 26.2 Å². The first-order valence-corrected chi connectivity index (χ1v) is 7.51. The summed E-state index contributed by atoms with van der Waals surface area (Å²) in [5, 5.41) is 0. The molecule has 1 unspecified atom stereocenters. The Balaban J connectivity index is 2.49. The third-order valence-corrected chi connectivity index (χ3v) is 4.05. The van der Waals surface area contributed by atoms with Crippen LogP contribution in [-0.4, -0.2) is 23.4 Å². The molecular formula is C15H29NO. The van der Waals surface area contributed by atoms with E-state index in [2.05, 4.69) is 25.7 Å². The van der Waals surface area contributed by atoms with Gasteiger partial charge in [-0.2, -0.15) is 0 Å². The van der Waals surface area contributed by atoms with Crippen LogP contribution in [0.25, 0.3) is 0 Å². The molecule has 1 atom stereocenters. The molecule has 0 aromatic rings. The van der Waals surface area contributed by atoms with Crippen LogP contribution in [0.4, 0.5) is 0 Å². The highest BCUT2D eigenvalue weighted by molar-refractivity contribution is 5.78. The van der Waals surface area contributed by atoms with Gasteiger partial charge in [0.2, 0.25) is 5.91 Å². The van der Waals surface area contributed by atoms with E-state index in [-0.39, 0.29) is 5.92 Å². The van der Waals surface area contributed by atoms with E-state index in [1.807, 2.05) is 0 Å². The Kier molecular flexibility index (Phi) is 6.61. The summed E-state index contributed by atoms with van der Waals surface area (Å²) >= 11 is 0. The molecule has 0 aromatic heterocycles. The molecule has 0 spiro atoms. The van der Waals surface area contributed by atoms with Gasteiger partial charge in [-0.1, -0.05) is 46.0 Å². The molecule has 1 saturated carbocycles. The number of hydrogen-bond donors (Lipinski definition) is 0. The highest BCUT2D eigenvalue weighted by Crippen LogP contribution is 2.24. The van der Waals surface area contributed by atoms with E-state index in [0.717, 1.165) is 13.0 Å². The minimum Gasteiger partial charge on any atom is -0.340 e. The van der Waals surface area contributed by atoms with Crippen molar-refractivity contribution in [2.75, 3.05) is 6.54 Å². The maximum absolute atomic E-state index is 12.4. The molecule has 0 N–H and O–H groups in total. The second-order valence-electron chi connectivity index (χ2n) is 5.46. The molecule has 0 aromatic carbocycles. The van der Waals surface area contributed by atoms with Crippen LogP contribution in [0.5, 0.6) is 0 Å². The first-order valence-electron chi connectivity index (χ1n) is 7.51. The van der Waals surface area contributed by atoms with Crippen molar-refractivity contribution in [1.29, 1.82) is 0 Å². The second kappa shape index (κ2) is 7.73. The van der Waals surface area contributed by atoms with E-state index in [1.165, 1.54) is 44.9 Å². The Hall–Kier alpha value is -0.530. The van der Waals surface area contributed by atoms with Gasteiger partial charge in [-0.25, -0.2) is 0 Å². The molecule has 2 heteroatoms. The number of nitrogens with zero attached hydrogens (tertiary/aromatic N) is 1. The van der Waals surface area contributed by atoms with Gasteiger partial charge in [0.15, 0.2) is 0 Å². The van der Waals surface area contributed by atoms with Crippen molar-refractivity contribution < 1.29 is 4.79 Å². The van der Waals surface area contributed by atoms with E-state index in [9.17, 15) is 4.79 Å². The van der Waals surface area contributed by atoms with Crippen LogP contribution in [0, 0.1) is 5.92 Å². The van der Waals surface area contributed by atoms with Crippen LogP contribution in [0.15, 0.2) is 0 Å². The largest absolute Gasteiger partial charge is 0.340 e. The lowest BCUT2D eigenvalue weighted by molar-refractivity contribution is -0.138. The zero-order valence-corrected chi connectivity index (χ0v) is 11.9. The Labute approximate surface area is 107 Å². The zero-order valence-electron chi connectivity index (χ0n) is 11.9. The van der Waals surface area contributed by atoms with Crippen molar-refractivity contribution in [2.24, 2.45) is 5.92 Å². The number of carbonyl (C=O) groups excluding carboxylic acids is 1. The fourth-order valence-electron chi connectivity index (χ4n) is 2.90. The van der Waals surface area contributed by atoms with Crippen LogP contribution in [0.1, 0.15) is 72.1 Å². The molecule has 1 aliphatic carbocycles. The average Bonchev–Trinajstić information content (AvgIpc) is 2.38.